The van der Waals surface area contributed by atoms with Crippen LogP contribution in [-0.2, 0) is 0 Å². The summed E-state index contributed by atoms with van der Waals surface area (Å²) in [5.74, 6) is 0. The molecule has 21 heavy (non-hydrogen) atoms. The van der Waals surface area contributed by atoms with Crippen molar-refractivity contribution in [2.45, 2.75) is 46.6 Å². The van der Waals surface area contributed by atoms with Gasteiger partial charge in [-0.1, -0.05) is 44.5 Å². The van der Waals surface area contributed by atoms with Gasteiger partial charge in [0.2, 0.25) is 0 Å². The predicted molar refractivity (Wildman–Crippen MR) is 94.1 cm³/mol. The fourth-order valence-electron chi connectivity index (χ4n) is 2.62. The molecule has 120 valence electrons. The fourth-order valence-corrected chi connectivity index (χ4v) is 2.82. The Balaban J connectivity index is 2.66. The third-order valence-electron chi connectivity index (χ3n) is 4.46. The Hall–Kier alpha value is -0.570. The smallest absolute Gasteiger partial charge is 0.0409 e. The van der Waals surface area contributed by atoms with Crippen LogP contribution in [0.1, 0.15) is 52.1 Å². The number of benzene rings is 1. The maximum atomic E-state index is 6.11. The van der Waals surface area contributed by atoms with Gasteiger partial charge in [-0.25, -0.2) is 0 Å². The van der Waals surface area contributed by atoms with Gasteiger partial charge in [0.1, 0.15) is 0 Å². The van der Waals surface area contributed by atoms with Crippen LogP contribution in [0.2, 0.25) is 5.02 Å². The molecule has 2 unspecified atom stereocenters. The van der Waals surface area contributed by atoms with Crippen LogP contribution in [0.3, 0.4) is 0 Å². The molecule has 0 aliphatic carbocycles. The van der Waals surface area contributed by atoms with Crippen molar-refractivity contribution in [2.75, 3.05) is 26.7 Å². The number of hydrogen-bond acceptors (Lipinski definition) is 2. The molecule has 0 radical (unpaired) electrons. The van der Waals surface area contributed by atoms with Gasteiger partial charge < -0.3 is 5.32 Å². The molecule has 1 rings (SSSR count). The summed E-state index contributed by atoms with van der Waals surface area (Å²) < 4.78 is 0. The van der Waals surface area contributed by atoms with Crippen LogP contribution in [0.5, 0.6) is 0 Å². The second-order valence-electron chi connectivity index (χ2n) is 6.49. The molecule has 1 aromatic rings. The van der Waals surface area contributed by atoms with Crippen molar-refractivity contribution >= 4 is 11.6 Å². The molecule has 0 fully saturated rings. The highest BCUT2D eigenvalue weighted by Gasteiger charge is 2.25. The van der Waals surface area contributed by atoms with Crippen LogP contribution in [0.4, 0.5) is 0 Å². The summed E-state index contributed by atoms with van der Waals surface area (Å²) in [5, 5.41) is 4.39. The third kappa shape index (κ3) is 5.98. The van der Waals surface area contributed by atoms with Gasteiger partial charge in [-0.05, 0) is 56.5 Å². The molecular weight excluding hydrogens is 280 g/mol. The highest BCUT2D eigenvalue weighted by atomic mass is 35.5. The lowest BCUT2D eigenvalue weighted by molar-refractivity contribution is 0.148. The summed E-state index contributed by atoms with van der Waals surface area (Å²) in [6, 6.07) is 8.57. The van der Waals surface area contributed by atoms with E-state index in [1.54, 1.807) is 0 Å². The van der Waals surface area contributed by atoms with E-state index in [9.17, 15) is 0 Å². The topological polar surface area (TPSA) is 15.3 Å². The van der Waals surface area contributed by atoms with Crippen molar-refractivity contribution in [3.05, 3.63) is 34.9 Å². The molecule has 0 aromatic heterocycles. The summed E-state index contributed by atoms with van der Waals surface area (Å²) >= 11 is 6.11. The van der Waals surface area contributed by atoms with Crippen molar-refractivity contribution in [2.24, 2.45) is 5.41 Å². The summed E-state index contributed by atoms with van der Waals surface area (Å²) in [6.07, 6.45) is 2.37. The molecule has 0 heterocycles. The third-order valence-corrected chi connectivity index (χ3v) is 4.69. The van der Waals surface area contributed by atoms with Crippen LogP contribution in [0, 0.1) is 5.41 Å². The van der Waals surface area contributed by atoms with Gasteiger partial charge in [0.05, 0.1) is 0 Å². The van der Waals surface area contributed by atoms with Gasteiger partial charge in [-0.15, -0.1) is 0 Å². The molecule has 0 aliphatic heterocycles. The molecule has 1 N–H and O–H groups in total. The first kappa shape index (κ1) is 18.5. The number of rotatable bonds is 9. The van der Waals surface area contributed by atoms with Crippen LogP contribution in [0.15, 0.2) is 24.3 Å². The molecule has 0 aliphatic rings. The fraction of sp³-hybridized carbons (Fsp3) is 0.667. The van der Waals surface area contributed by atoms with E-state index in [1.807, 2.05) is 12.1 Å². The van der Waals surface area contributed by atoms with Crippen LogP contribution in [-0.4, -0.2) is 31.6 Å². The molecule has 0 saturated heterocycles. The SMILES string of the molecule is CCCNCC(C)(CC)CN(C)C(C)c1cccc(Cl)c1. The zero-order valence-electron chi connectivity index (χ0n) is 14.2. The normalized spacial score (nSPS) is 16.0. The van der Waals surface area contributed by atoms with Gasteiger partial charge in [0.25, 0.3) is 0 Å². The minimum Gasteiger partial charge on any atom is -0.316 e. The molecule has 1 aromatic carbocycles. The van der Waals surface area contributed by atoms with Gasteiger partial charge >= 0.3 is 0 Å². The van der Waals surface area contributed by atoms with Gasteiger partial charge in [-0.2, -0.15) is 0 Å². The maximum Gasteiger partial charge on any atom is 0.0409 e. The van der Waals surface area contributed by atoms with Gasteiger partial charge in [0, 0.05) is 24.2 Å². The molecule has 2 atom stereocenters. The largest absolute Gasteiger partial charge is 0.316 e. The van der Waals surface area contributed by atoms with Crippen molar-refractivity contribution in [3.63, 3.8) is 0 Å². The zero-order chi connectivity index (χ0) is 15.9. The molecule has 0 saturated carbocycles. The molecule has 2 nitrogen and oxygen atoms in total. The molecular formula is C18H31ClN2. The highest BCUT2D eigenvalue weighted by molar-refractivity contribution is 6.30. The first-order valence-electron chi connectivity index (χ1n) is 8.08. The monoisotopic (exact) mass is 310 g/mol. The van der Waals surface area contributed by atoms with Crippen LogP contribution < -0.4 is 5.32 Å². The van der Waals surface area contributed by atoms with E-state index >= 15 is 0 Å². The lowest BCUT2D eigenvalue weighted by Gasteiger charge is -2.36. The lowest BCUT2D eigenvalue weighted by Crippen LogP contribution is -2.41. The Bertz CT molecular complexity index is 421. The first-order valence-corrected chi connectivity index (χ1v) is 8.46. The van der Waals surface area contributed by atoms with Crippen LogP contribution in [0.25, 0.3) is 0 Å². The Morgan fingerprint density at radius 1 is 1.33 bits per heavy atom. The van der Waals surface area contributed by atoms with E-state index in [2.05, 4.69) is 57.1 Å². The van der Waals surface area contributed by atoms with E-state index in [4.69, 9.17) is 11.6 Å². The Labute approximate surface area is 135 Å². The molecule has 0 bridgehead atoms. The number of hydrogen-bond donors (Lipinski definition) is 1. The van der Waals surface area contributed by atoms with Crippen molar-refractivity contribution in [1.29, 1.82) is 0 Å². The number of nitrogens with zero attached hydrogens (tertiary/aromatic N) is 1. The van der Waals surface area contributed by atoms with E-state index < -0.39 is 0 Å². The van der Waals surface area contributed by atoms with E-state index in [-0.39, 0.29) is 0 Å². The standard InChI is InChI=1S/C18H31ClN2/c1-6-11-20-13-18(4,7-2)14-21(5)15(3)16-9-8-10-17(19)12-16/h8-10,12,15,20H,6-7,11,13-14H2,1-5H3. The van der Waals surface area contributed by atoms with Gasteiger partial charge in [0.15, 0.2) is 0 Å². The average molecular weight is 311 g/mol. The Morgan fingerprint density at radius 2 is 2.05 bits per heavy atom. The summed E-state index contributed by atoms with van der Waals surface area (Å²) in [7, 11) is 2.21. The van der Waals surface area contributed by atoms with E-state index in [1.165, 1.54) is 18.4 Å². The van der Waals surface area contributed by atoms with Crippen molar-refractivity contribution < 1.29 is 0 Å². The molecule has 0 amide bonds. The Morgan fingerprint density at radius 3 is 2.62 bits per heavy atom. The van der Waals surface area contributed by atoms with Crippen LogP contribution >= 0.6 is 11.6 Å². The number of halogens is 1. The Kier molecular flexibility index (Phi) is 7.72. The first-order chi connectivity index (χ1) is 9.91. The summed E-state index contributed by atoms with van der Waals surface area (Å²) in [5.41, 5.74) is 1.58. The molecule has 0 spiro atoms. The van der Waals surface area contributed by atoms with Gasteiger partial charge in [-0.3, -0.25) is 4.90 Å². The summed E-state index contributed by atoms with van der Waals surface area (Å²) in [4.78, 5) is 2.43. The van der Waals surface area contributed by atoms with E-state index in [0.717, 1.165) is 24.7 Å². The average Bonchev–Trinajstić information content (AvgIpc) is 2.46. The predicted octanol–water partition coefficient (Wildman–Crippen LogP) is 4.75. The second-order valence-corrected chi connectivity index (χ2v) is 6.92. The molecule has 3 heteroatoms. The number of nitrogens with one attached hydrogen (secondary N) is 1. The second kappa shape index (κ2) is 8.77. The quantitative estimate of drug-likeness (QED) is 0.662. The minimum atomic E-state index is 0.302. The zero-order valence-corrected chi connectivity index (χ0v) is 15.0. The summed E-state index contributed by atoms with van der Waals surface area (Å²) in [6.45, 7) is 12.4. The van der Waals surface area contributed by atoms with Crippen molar-refractivity contribution in [3.8, 4) is 0 Å². The maximum absolute atomic E-state index is 6.11. The van der Waals surface area contributed by atoms with E-state index in [0.29, 0.717) is 11.5 Å². The lowest BCUT2D eigenvalue weighted by atomic mass is 9.86. The minimum absolute atomic E-state index is 0.302. The van der Waals surface area contributed by atoms with Crippen molar-refractivity contribution in [1.82, 2.24) is 10.2 Å². The highest BCUT2D eigenvalue weighted by Crippen LogP contribution is 2.27.